The number of anilines is 1. The number of aryl methyl sites for hydroxylation is 1. The molecule has 1 heterocycles. The summed E-state index contributed by atoms with van der Waals surface area (Å²) < 4.78 is 14.9. The number of nitrogens with zero attached hydrogens (tertiary/aromatic N) is 1. The minimum Gasteiger partial charge on any atom is -0.396 e. The van der Waals surface area contributed by atoms with Crippen LogP contribution >= 0.6 is 0 Å². The van der Waals surface area contributed by atoms with Crippen molar-refractivity contribution in [2.45, 2.75) is 13.5 Å². The molecule has 0 saturated carbocycles. The van der Waals surface area contributed by atoms with Crippen LogP contribution in [0.5, 0.6) is 0 Å². The Morgan fingerprint density at radius 1 is 1.35 bits per heavy atom. The maximum atomic E-state index is 13.3. The van der Waals surface area contributed by atoms with Crippen LogP contribution in [0.4, 0.5) is 10.1 Å². The minimum atomic E-state index is -0.506. The Hall–Kier alpha value is -2.10. The highest BCUT2D eigenvalue weighted by atomic mass is 19.1. The first-order valence-corrected chi connectivity index (χ1v) is 5.38. The van der Waals surface area contributed by atoms with Crippen LogP contribution in [0.2, 0.25) is 0 Å². The van der Waals surface area contributed by atoms with Gasteiger partial charge in [-0.3, -0.25) is 4.79 Å². The molecule has 88 valence electrons. The van der Waals surface area contributed by atoms with E-state index >= 15 is 0 Å². The fraction of sp³-hybridized carbons (Fsp3) is 0.154. The Bertz CT molecular complexity index is 605. The number of hydrogen-bond acceptors (Lipinski definition) is 2. The molecule has 0 unspecified atom stereocenters. The number of benzene rings is 1. The van der Waals surface area contributed by atoms with E-state index in [4.69, 9.17) is 5.73 Å². The Morgan fingerprint density at radius 3 is 2.76 bits per heavy atom. The average molecular weight is 232 g/mol. The molecule has 0 aliphatic carbocycles. The van der Waals surface area contributed by atoms with Crippen molar-refractivity contribution in [1.82, 2.24) is 4.57 Å². The standard InChI is InChI=1S/C13H13FN2O/c1-2-16-7-3-4-10(13(16)17)9-5-6-12(15)11(14)8-9/h3-8H,2,15H2,1H3. The fourth-order valence-electron chi connectivity index (χ4n) is 1.70. The lowest BCUT2D eigenvalue weighted by molar-refractivity contribution is 0.633. The summed E-state index contributed by atoms with van der Waals surface area (Å²) in [6.07, 6.45) is 1.71. The number of aromatic nitrogens is 1. The van der Waals surface area contributed by atoms with Crippen molar-refractivity contribution < 1.29 is 4.39 Å². The molecule has 3 nitrogen and oxygen atoms in total. The van der Waals surface area contributed by atoms with E-state index in [9.17, 15) is 9.18 Å². The molecule has 1 aromatic heterocycles. The van der Waals surface area contributed by atoms with Gasteiger partial charge in [0.15, 0.2) is 0 Å². The zero-order valence-electron chi connectivity index (χ0n) is 9.48. The third kappa shape index (κ3) is 2.06. The quantitative estimate of drug-likeness (QED) is 0.807. The molecular weight excluding hydrogens is 219 g/mol. The number of halogens is 1. The molecule has 0 fully saturated rings. The molecule has 0 saturated heterocycles. The van der Waals surface area contributed by atoms with E-state index in [1.807, 2.05) is 6.92 Å². The Morgan fingerprint density at radius 2 is 2.12 bits per heavy atom. The van der Waals surface area contributed by atoms with Crippen LogP contribution in [0.15, 0.2) is 41.3 Å². The zero-order valence-corrected chi connectivity index (χ0v) is 9.48. The van der Waals surface area contributed by atoms with Gasteiger partial charge in [-0.25, -0.2) is 4.39 Å². The normalized spacial score (nSPS) is 10.5. The maximum Gasteiger partial charge on any atom is 0.258 e. The smallest absolute Gasteiger partial charge is 0.258 e. The van der Waals surface area contributed by atoms with Crippen molar-refractivity contribution in [2.75, 3.05) is 5.73 Å². The van der Waals surface area contributed by atoms with Crippen LogP contribution in [-0.4, -0.2) is 4.57 Å². The van der Waals surface area contributed by atoms with Gasteiger partial charge in [0.2, 0.25) is 0 Å². The molecule has 2 aromatic rings. The summed E-state index contributed by atoms with van der Waals surface area (Å²) in [6, 6.07) is 7.85. The van der Waals surface area contributed by atoms with Gasteiger partial charge in [-0.05, 0) is 36.8 Å². The zero-order chi connectivity index (χ0) is 12.4. The van der Waals surface area contributed by atoms with E-state index in [0.29, 0.717) is 17.7 Å². The molecule has 0 aliphatic heterocycles. The van der Waals surface area contributed by atoms with Crippen LogP contribution in [-0.2, 0) is 6.54 Å². The first kappa shape index (κ1) is 11.4. The third-order valence-electron chi connectivity index (χ3n) is 2.67. The van der Waals surface area contributed by atoms with E-state index in [1.54, 1.807) is 29.0 Å². The third-order valence-corrected chi connectivity index (χ3v) is 2.67. The maximum absolute atomic E-state index is 13.3. The SMILES string of the molecule is CCn1cccc(-c2ccc(N)c(F)c2)c1=O. The van der Waals surface area contributed by atoms with Gasteiger partial charge < -0.3 is 10.3 Å². The number of pyridine rings is 1. The Labute approximate surface area is 98.3 Å². The molecular formula is C13H13FN2O. The van der Waals surface area contributed by atoms with Gasteiger partial charge >= 0.3 is 0 Å². The lowest BCUT2D eigenvalue weighted by atomic mass is 10.1. The molecule has 0 atom stereocenters. The number of nitrogen functional groups attached to an aromatic ring is 1. The van der Waals surface area contributed by atoms with Crippen molar-refractivity contribution in [1.29, 1.82) is 0 Å². The minimum absolute atomic E-state index is 0.0838. The molecule has 2 N–H and O–H groups in total. The summed E-state index contributed by atoms with van der Waals surface area (Å²) in [4.78, 5) is 12.0. The fourth-order valence-corrected chi connectivity index (χ4v) is 1.70. The van der Waals surface area contributed by atoms with Crippen LogP contribution in [0.3, 0.4) is 0 Å². The second-order valence-corrected chi connectivity index (χ2v) is 3.75. The van der Waals surface area contributed by atoms with E-state index in [2.05, 4.69) is 0 Å². The van der Waals surface area contributed by atoms with Gasteiger partial charge in [-0.2, -0.15) is 0 Å². The predicted molar refractivity (Wildman–Crippen MR) is 66.2 cm³/mol. The van der Waals surface area contributed by atoms with Gasteiger partial charge in [-0.1, -0.05) is 6.07 Å². The van der Waals surface area contributed by atoms with Crippen molar-refractivity contribution in [2.24, 2.45) is 0 Å². The summed E-state index contributed by atoms with van der Waals surface area (Å²) in [5, 5.41) is 0. The van der Waals surface area contributed by atoms with E-state index in [-0.39, 0.29) is 11.2 Å². The van der Waals surface area contributed by atoms with Crippen molar-refractivity contribution in [3.05, 3.63) is 52.7 Å². The van der Waals surface area contributed by atoms with Gasteiger partial charge in [-0.15, -0.1) is 0 Å². The second-order valence-electron chi connectivity index (χ2n) is 3.75. The molecule has 4 heteroatoms. The summed E-state index contributed by atoms with van der Waals surface area (Å²) in [7, 11) is 0. The highest BCUT2D eigenvalue weighted by Gasteiger charge is 2.07. The summed E-state index contributed by atoms with van der Waals surface area (Å²) in [5.41, 5.74) is 6.39. The largest absolute Gasteiger partial charge is 0.396 e. The van der Waals surface area contributed by atoms with Crippen LogP contribution in [0, 0.1) is 5.82 Å². The number of hydrogen-bond donors (Lipinski definition) is 1. The lowest BCUT2D eigenvalue weighted by Crippen LogP contribution is -2.19. The van der Waals surface area contributed by atoms with Gasteiger partial charge in [0.1, 0.15) is 5.82 Å². The molecule has 1 aromatic carbocycles. The highest BCUT2D eigenvalue weighted by Crippen LogP contribution is 2.19. The van der Waals surface area contributed by atoms with Crippen molar-refractivity contribution >= 4 is 5.69 Å². The molecule has 0 spiro atoms. The van der Waals surface area contributed by atoms with Crippen molar-refractivity contribution in [3.8, 4) is 11.1 Å². The molecule has 0 aliphatic rings. The van der Waals surface area contributed by atoms with Crippen molar-refractivity contribution in [3.63, 3.8) is 0 Å². The van der Waals surface area contributed by atoms with Crippen LogP contribution in [0.25, 0.3) is 11.1 Å². The monoisotopic (exact) mass is 232 g/mol. The van der Waals surface area contributed by atoms with Crippen LogP contribution < -0.4 is 11.3 Å². The topological polar surface area (TPSA) is 48.0 Å². The first-order valence-electron chi connectivity index (χ1n) is 5.38. The van der Waals surface area contributed by atoms with Gasteiger partial charge in [0.05, 0.1) is 5.69 Å². The Kier molecular flexibility index (Phi) is 2.95. The van der Waals surface area contributed by atoms with E-state index in [0.717, 1.165) is 0 Å². The molecule has 2 rings (SSSR count). The van der Waals surface area contributed by atoms with Crippen LogP contribution in [0.1, 0.15) is 6.92 Å². The molecule has 0 amide bonds. The predicted octanol–water partition coefficient (Wildman–Crippen LogP) is 2.26. The van der Waals surface area contributed by atoms with Gasteiger partial charge in [0.25, 0.3) is 5.56 Å². The highest BCUT2D eigenvalue weighted by molar-refractivity contribution is 5.64. The first-order chi connectivity index (χ1) is 8.13. The van der Waals surface area contributed by atoms with Gasteiger partial charge in [0, 0.05) is 18.3 Å². The summed E-state index contributed by atoms with van der Waals surface area (Å²) in [6.45, 7) is 2.47. The summed E-state index contributed by atoms with van der Waals surface area (Å²) in [5.74, 6) is -0.506. The second kappa shape index (κ2) is 4.41. The number of rotatable bonds is 2. The Balaban J connectivity index is 2.61. The lowest BCUT2D eigenvalue weighted by Gasteiger charge is -2.06. The van der Waals surface area contributed by atoms with E-state index in [1.165, 1.54) is 12.1 Å². The molecule has 0 bridgehead atoms. The average Bonchev–Trinajstić information content (AvgIpc) is 2.33. The number of nitrogens with two attached hydrogens (primary N) is 1. The molecule has 0 radical (unpaired) electrons. The summed E-state index contributed by atoms with van der Waals surface area (Å²) >= 11 is 0. The van der Waals surface area contributed by atoms with E-state index < -0.39 is 5.82 Å². The molecule has 17 heavy (non-hydrogen) atoms.